The fourth-order valence-electron chi connectivity index (χ4n) is 2.52. The first-order valence-electron chi connectivity index (χ1n) is 7.00. The van der Waals surface area contributed by atoms with Gasteiger partial charge in [-0.25, -0.2) is 13.2 Å². The average Bonchev–Trinajstić information content (AvgIpc) is 2.54. The van der Waals surface area contributed by atoms with Crippen molar-refractivity contribution >= 4 is 26.6 Å². The van der Waals surface area contributed by atoms with Gasteiger partial charge in [0.15, 0.2) is 9.84 Å². The Morgan fingerprint density at radius 1 is 0.870 bits per heavy atom. The Hall–Kier alpha value is -2.66. The molecule has 3 rings (SSSR count). The van der Waals surface area contributed by atoms with Crippen LogP contribution in [0.2, 0.25) is 0 Å². The Balaban J connectivity index is 2.17. The third kappa shape index (κ3) is 3.10. The van der Waals surface area contributed by atoms with E-state index in [0.29, 0.717) is 16.3 Å². The van der Waals surface area contributed by atoms with E-state index in [1.54, 1.807) is 54.6 Å². The molecule has 0 spiro atoms. The van der Waals surface area contributed by atoms with Gasteiger partial charge < -0.3 is 5.11 Å². The van der Waals surface area contributed by atoms with Crippen LogP contribution < -0.4 is 0 Å². The zero-order chi connectivity index (χ0) is 16.4. The molecule has 0 fully saturated rings. The molecule has 0 saturated heterocycles. The summed E-state index contributed by atoms with van der Waals surface area (Å²) in [4.78, 5) is 11.4. The highest BCUT2D eigenvalue weighted by Crippen LogP contribution is 2.26. The summed E-state index contributed by atoms with van der Waals surface area (Å²) in [5.74, 6) is -1.48. The summed E-state index contributed by atoms with van der Waals surface area (Å²) in [6.07, 6.45) is 0. The lowest BCUT2D eigenvalue weighted by Gasteiger charge is -2.10. The molecule has 4 nitrogen and oxygen atoms in total. The second kappa shape index (κ2) is 5.85. The molecule has 116 valence electrons. The molecule has 0 aromatic heterocycles. The van der Waals surface area contributed by atoms with Crippen molar-refractivity contribution in [2.45, 2.75) is 10.6 Å². The normalized spacial score (nSPS) is 11.5. The number of hydrogen-bond acceptors (Lipinski definition) is 3. The van der Waals surface area contributed by atoms with Gasteiger partial charge >= 0.3 is 5.97 Å². The molecule has 5 heteroatoms. The van der Waals surface area contributed by atoms with Crippen LogP contribution >= 0.6 is 0 Å². The first kappa shape index (κ1) is 15.2. The van der Waals surface area contributed by atoms with E-state index >= 15 is 0 Å². The number of aromatic carboxylic acids is 1. The van der Waals surface area contributed by atoms with Crippen LogP contribution in [0.15, 0.2) is 71.6 Å². The van der Waals surface area contributed by atoms with Crippen LogP contribution in [-0.2, 0) is 15.6 Å². The van der Waals surface area contributed by atoms with Gasteiger partial charge in [-0.3, -0.25) is 0 Å². The fraction of sp³-hybridized carbons (Fsp3) is 0.0556. The van der Waals surface area contributed by atoms with Crippen LogP contribution in [0.5, 0.6) is 0 Å². The molecule has 0 aliphatic rings. The van der Waals surface area contributed by atoms with Gasteiger partial charge in [-0.1, -0.05) is 54.6 Å². The van der Waals surface area contributed by atoms with Crippen molar-refractivity contribution in [3.05, 3.63) is 77.9 Å². The maximum absolute atomic E-state index is 12.7. The van der Waals surface area contributed by atoms with Crippen LogP contribution in [0.3, 0.4) is 0 Å². The third-order valence-corrected chi connectivity index (χ3v) is 5.33. The summed E-state index contributed by atoms with van der Waals surface area (Å²) in [6, 6.07) is 18.7. The predicted molar refractivity (Wildman–Crippen MR) is 88.2 cm³/mol. The zero-order valence-corrected chi connectivity index (χ0v) is 13.0. The lowest BCUT2D eigenvalue weighted by Crippen LogP contribution is -2.11. The van der Waals surface area contributed by atoms with Crippen molar-refractivity contribution in [2.75, 3.05) is 0 Å². The van der Waals surface area contributed by atoms with E-state index in [0.717, 1.165) is 0 Å². The van der Waals surface area contributed by atoms with Crippen molar-refractivity contribution in [2.24, 2.45) is 0 Å². The second-order valence-corrected chi connectivity index (χ2v) is 7.20. The highest BCUT2D eigenvalue weighted by Gasteiger charge is 2.23. The third-order valence-electron chi connectivity index (χ3n) is 3.61. The summed E-state index contributed by atoms with van der Waals surface area (Å²) < 4.78 is 25.4. The molecule has 3 aromatic carbocycles. The minimum Gasteiger partial charge on any atom is -0.478 e. The SMILES string of the molecule is O=C(O)c1cc2ccccc2cc1S(=O)(=O)Cc1ccccc1. The number of benzene rings is 3. The van der Waals surface area contributed by atoms with Gasteiger partial charge in [0.25, 0.3) is 0 Å². The molecular weight excluding hydrogens is 312 g/mol. The summed E-state index contributed by atoms with van der Waals surface area (Å²) >= 11 is 0. The van der Waals surface area contributed by atoms with E-state index in [1.165, 1.54) is 12.1 Å². The monoisotopic (exact) mass is 326 g/mol. The fourth-order valence-corrected chi connectivity index (χ4v) is 4.09. The summed E-state index contributed by atoms with van der Waals surface area (Å²) in [7, 11) is -3.76. The molecule has 0 atom stereocenters. The van der Waals surface area contributed by atoms with Crippen molar-refractivity contribution in [3.63, 3.8) is 0 Å². The Morgan fingerprint density at radius 2 is 1.43 bits per heavy atom. The summed E-state index contributed by atoms with van der Waals surface area (Å²) in [5, 5.41) is 10.8. The van der Waals surface area contributed by atoms with Gasteiger partial charge in [0.2, 0.25) is 0 Å². The molecular formula is C18H14O4S. The maximum Gasteiger partial charge on any atom is 0.337 e. The molecule has 0 heterocycles. The Labute approximate surface area is 133 Å². The summed E-state index contributed by atoms with van der Waals surface area (Å²) in [6.45, 7) is 0. The van der Waals surface area contributed by atoms with Gasteiger partial charge in [0.1, 0.15) is 0 Å². The molecule has 0 unspecified atom stereocenters. The molecule has 1 N–H and O–H groups in total. The quantitative estimate of drug-likeness (QED) is 0.796. The minimum atomic E-state index is -3.76. The van der Waals surface area contributed by atoms with Crippen LogP contribution in [0.25, 0.3) is 10.8 Å². The Bertz CT molecular complexity index is 976. The number of carbonyl (C=O) groups is 1. The largest absolute Gasteiger partial charge is 0.478 e. The molecule has 0 aliphatic heterocycles. The van der Waals surface area contributed by atoms with E-state index in [4.69, 9.17) is 0 Å². The van der Waals surface area contributed by atoms with E-state index < -0.39 is 15.8 Å². The Kier molecular flexibility index (Phi) is 3.88. The standard InChI is InChI=1S/C18H14O4S/c19-18(20)16-10-14-8-4-5-9-15(14)11-17(16)23(21,22)12-13-6-2-1-3-7-13/h1-11H,12H2,(H,19,20). The van der Waals surface area contributed by atoms with Crippen molar-refractivity contribution in [1.29, 1.82) is 0 Å². The average molecular weight is 326 g/mol. The van der Waals surface area contributed by atoms with Crippen molar-refractivity contribution in [1.82, 2.24) is 0 Å². The minimum absolute atomic E-state index is 0.146. The first-order valence-corrected chi connectivity index (χ1v) is 8.65. The van der Waals surface area contributed by atoms with Gasteiger partial charge in [-0.05, 0) is 28.5 Å². The van der Waals surface area contributed by atoms with Crippen LogP contribution in [-0.4, -0.2) is 19.5 Å². The number of hydrogen-bond donors (Lipinski definition) is 1. The number of fused-ring (bicyclic) bond motifs is 1. The van der Waals surface area contributed by atoms with E-state index in [1.807, 2.05) is 0 Å². The second-order valence-electron chi connectivity index (χ2n) is 5.25. The van der Waals surface area contributed by atoms with E-state index in [9.17, 15) is 18.3 Å². The predicted octanol–water partition coefficient (Wildman–Crippen LogP) is 3.51. The zero-order valence-electron chi connectivity index (χ0n) is 12.1. The van der Waals surface area contributed by atoms with Crippen LogP contribution in [0, 0.1) is 0 Å². The molecule has 0 bridgehead atoms. The molecule has 23 heavy (non-hydrogen) atoms. The van der Waals surface area contributed by atoms with Crippen LogP contribution in [0.1, 0.15) is 15.9 Å². The highest BCUT2D eigenvalue weighted by atomic mass is 32.2. The molecule has 0 aliphatic carbocycles. The topological polar surface area (TPSA) is 71.4 Å². The first-order chi connectivity index (χ1) is 11.0. The lowest BCUT2D eigenvalue weighted by atomic mass is 10.1. The number of carboxylic acid groups (broad SMARTS) is 1. The van der Waals surface area contributed by atoms with E-state index in [2.05, 4.69) is 0 Å². The number of rotatable bonds is 4. The smallest absolute Gasteiger partial charge is 0.337 e. The lowest BCUT2D eigenvalue weighted by molar-refractivity contribution is 0.0693. The maximum atomic E-state index is 12.7. The van der Waals surface area contributed by atoms with E-state index in [-0.39, 0.29) is 16.2 Å². The molecule has 0 amide bonds. The summed E-state index contributed by atoms with van der Waals surface area (Å²) in [5.41, 5.74) is 0.427. The molecule has 0 saturated carbocycles. The Morgan fingerprint density at radius 3 is 2.04 bits per heavy atom. The van der Waals surface area contributed by atoms with Gasteiger partial charge in [0, 0.05) is 0 Å². The van der Waals surface area contributed by atoms with Gasteiger partial charge in [0.05, 0.1) is 16.2 Å². The molecule has 3 aromatic rings. The van der Waals surface area contributed by atoms with Crippen LogP contribution in [0.4, 0.5) is 0 Å². The van der Waals surface area contributed by atoms with Gasteiger partial charge in [-0.2, -0.15) is 0 Å². The van der Waals surface area contributed by atoms with Crippen molar-refractivity contribution < 1.29 is 18.3 Å². The van der Waals surface area contributed by atoms with Gasteiger partial charge in [-0.15, -0.1) is 0 Å². The highest BCUT2D eigenvalue weighted by molar-refractivity contribution is 7.90. The molecule has 0 radical (unpaired) electrons. The van der Waals surface area contributed by atoms with Crippen molar-refractivity contribution in [3.8, 4) is 0 Å². The number of sulfone groups is 1. The number of carboxylic acids is 1.